The van der Waals surface area contributed by atoms with Crippen molar-refractivity contribution in [1.29, 1.82) is 0 Å². The molecule has 0 N–H and O–H groups in total. The van der Waals surface area contributed by atoms with E-state index in [0.29, 0.717) is 12.1 Å². The summed E-state index contributed by atoms with van der Waals surface area (Å²) < 4.78 is 26.7. The average molecular weight is 376 g/mol. The summed E-state index contributed by atoms with van der Waals surface area (Å²) in [6, 6.07) is 5.78. The number of carbonyl (C=O) groups is 1. The van der Waals surface area contributed by atoms with Crippen LogP contribution in [0, 0.1) is 17.6 Å². The fourth-order valence-electron chi connectivity index (χ4n) is 3.99. The van der Waals surface area contributed by atoms with Gasteiger partial charge in [0.15, 0.2) is 0 Å². The third-order valence-corrected chi connectivity index (χ3v) is 6.41. The number of benzene rings is 1. The third-order valence-electron chi connectivity index (χ3n) is 5.38. The van der Waals surface area contributed by atoms with E-state index in [1.165, 1.54) is 22.6 Å². The van der Waals surface area contributed by atoms with Crippen LogP contribution in [0.15, 0.2) is 29.6 Å². The van der Waals surface area contributed by atoms with Gasteiger partial charge in [-0.25, -0.2) is 8.78 Å². The minimum Gasteiger partial charge on any atom is -0.338 e. The van der Waals surface area contributed by atoms with Crippen molar-refractivity contribution in [3.05, 3.63) is 57.3 Å². The first-order chi connectivity index (χ1) is 12.6. The van der Waals surface area contributed by atoms with Gasteiger partial charge in [0.1, 0.15) is 11.6 Å². The summed E-state index contributed by atoms with van der Waals surface area (Å²) >= 11 is 1.78. The van der Waals surface area contributed by atoms with Crippen LogP contribution >= 0.6 is 11.3 Å². The maximum Gasteiger partial charge on any atom is 0.226 e. The number of amides is 1. The van der Waals surface area contributed by atoms with Crippen molar-refractivity contribution in [1.82, 2.24) is 9.80 Å². The third kappa shape index (κ3) is 3.81. The zero-order chi connectivity index (χ0) is 18.1. The van der Waals surface area contributed by atoms with Gasteiger partial charge in [0, 0.05) is 36.5 Å². The standard InChI is InChI=1S/C20H22F2N2OS/c21-17-9-14(10-18(22)11-17)12-23-5-1-15(2-6-23)20(25)24-7-3-19-16(13-24)4-8-26-19/h4,8-11,15H,1-3,5-7,12-13H2. The SMILES string of the molecule is O=C(C1CCN(Cc2cc(F)cc(F)c2)CC1)N1CCc2sccc2C1. The normalized spacial score (nSPS) is 18.8. The molecule has 0 saturated carbocycles. The first kappa shape index (κ1) is 17.6. The van der Waals surface area contributed by atoms with Gasteiger partial charge < -0.3 is 4.90 Å². The van der Waals surface area contributed by atoms with E-state index in [4.69, 9.17) is 0 Å². The molecule has 0 radical (unpaired) electrons. The van der Waals surface area contributed by atoms with Gasteiger partial charge in [-0.05, 0) is 67.1 Å². The molecule has 2 aromatic rings. The van der Waals surface area contributed by atoms with E-state index in [1.807, 2.05) is 4.90 Å². The molecule has 1 amide bonds. The van der Waals surface area contributed by atoms with Crippen molar-refractivity contribution < 1.29 is 13.6 Å². The van der Waals surface area contributed by atoms with Gasteiger partial charge in [0.25, 0.3) is 0 Å². The molecule has 0 aliphatic carbocycles. The number of carbonyl (C=O) groups excluding carboxylic acids is 1. The highest BCUT2D eigenvalue weighted by Gasteiger charge is 2.30. The number of thiophene rings is 1. The van der Waals surface area contributed by atoms with Gasteiger partial charge in [-0.3, -0.25) is 9.69 Å². The van der Waals surface area contributed by atoms with Crippen LogP contribution in [-0.2, 0) is 24.3 Å². The molecule has 26 heavy (non-hydrogen) atoms. The first-order valence-corrected chi connectivity index (χ1v) is 9.98. The number of nitrogens with zero attached hydrogens (tertiary/aromatic N) is 2. The molecular weight excluding hydrogens is 354 g/mol. The lowest BCUT2D eigenvalue weighted by molar-refractivity contribution is -0.138. The quantitative estimate of drug-likeness (QED) is 0.813. The second kappa shape index (κ2) is 7.45. The van der Waals surface area contributed by atoms with E-state index in [9.17, 15) is 13.6 Å². The number of halogens is 2. The lowest BCUT2D eigenvalue weighted by Crippen LogP contribution is -2.43. The van der Waals surface area contributed by atoms with Crippen LogP contribution in [0.25, 0.3) is 0 Å². The molecule has 4 rings (SSSR count). The molecule has 2 aliphatic rings. The predicted octanol–water partition coefficient (Wildman–Crippen LogP) is 3.82. The Balaban J connectivity index is 1.31. The monoisotopic (exact) mass is 376 g/mol. The molecule has 3 nitrogen and oxygen atoms in total. The van der Waals surface area contributed by atoms with Crippen LogP contribution in [0.5, 0.6) is 0 Å². The highest BCUT2D eigenvalue weighted by molar-refractivity contribution is 7.10. The second-order valence-corrected chi connectivity index (χ2v) is 8.21. The molecule has 3 heterocycles. The topological polar surface area (TPSA) is 23.6 Å². The number of hydrogen-bond donors (Lipinski definition) is 0. The highest BCUT2D eigenvalue weighted by Crippen LogP contribution is 2.27. The van der Waals surface area contributed by atoms with Gasteiger partial charge in [-0.2, -0.15) is 0 Å². The first-order valence-electron chi connectivity index (χ1n) is 9.10. The van der Waals surface area contributed by atoms with Crippen molar-refractivity contribution in [2.24, 2.45) is 5.92 Å². The Hall–Kier alpha value is -1.79. The lowest BCUT2D eigenvalue weighted by Gasteiger charge is -2.35. The van der Waals surface area contributed by atoms with Crippen LogP contribution in [-0.4, -0.2) is 35.3 Å². The Bertz CT molecular complexity index is 779. The van der Waals surface area contributed by atoms with Gasteiger partial charge in [0.05, 0.1) is 0 Å². The Kier molecular flexibility index (Phi) is 5.05. The van der Waals surface area contributed by atoms with Crippen molar-refractivity contribution in [3.8, 4) is 0 Å². The molecule has 0 atom stereocenters. The van der Waals surface area contributed by atoms with Crippen LogP contribution in [0.3, 0.4) is 0 Å². The molecule has 1 aromatic carbocycles. The number of fused-ring (bicyclic) bond motifs is 1. The lowest BCUT2D eigenvalue weighted by atomic mass is 9.94. The summed E-state index contributed by atoms with van der Waals surface area (Å²) in [6.07, 6.45) is 2.58. The molecular formula is C20H22F2N2OS. The second-order valence-electron chi connectivity index (χ2n) is 7.21. The molecule has 1 aromatic heterocycles. The van der Waals surface area contributed by atoms with Crippen molar-refractivity contribution in [2.45, 2.75) is 32.4 Å². The van der Waals surface area contributed by atoms with Crippen molar-refractivity contribution >= 4 is 17.2 Å². The summed E-state index contributed by atoms with van der Waals surface area (Å²) in [5, 5.41) is 2.10. The number of rotatable bonds is 3. The molecule has 6 heteroatoms. The fourth-order valence-corrected chi connectivity index (χ4v) is 4.88. The average Bonchev–Trinajstić information content (AvgIpc) is 3.08. The van der Waals surface area contributed by atoms with E-state index >= 15 is 0 Å². The van der Waals surface area contributed by atoms with Gasteiger partial charge in [-0.1, -0.05) is 0 Å². The summed E-state index contributed by atoms with van der Waals surface area (Å²) in [5.41, 5.74) is 1.94. The Labute approximate surface area is 156 Å². The van der Waals surface area contributed by atoms with Crippen LogP contribution in [0.1, 0.15) is 28.8 Å². The number of likely N-dealkylation sites (tertiary alicyclic amines) is 1. The van der Waals surface area contributed by atoms with Gasteiger partial charge >= 0.3 is 0 Å². The van der Waals surface area contributed by atoms with E-state index in [2.05, 4.69) is 16.3 Å². The fraction of sp³-hybridized carbons (Fsp3) is 0.450. The van der Waals surface area contributed by atoms with Crippen LogP contribution in [0.2, 0.25) is 0 Å². The van der Waals surface area contributed by atoms with Crippen molar-refractivity contribution in [2.75, 3.05) is 19.6 Å². The molecule has 138 valence electrons. The molecule has 1 saturated heterocycles. The molecule has 0 unspecified atom stereocenters. The van der Waals surface area contributed by atoms with Crippen LogP contribution < -0.4 is 0 Å². The maximum atomic E-state index is 13.3. The molecule has 1 fully saturated rings. The van der Waals surface area contributed by atoms with E-state index in [1.54, 1.807) is 11.3 Å². The minimum atomic E-state index is -0.539. The molecule has 0 spiro atoms. The van der Waals surface area contributed by atoms with E-state index in [0.717, 1.165) is 51.5 Å². The van der Waals surface area contributed by atoms with Gasteiger partial charge in [0.2, 0.25) is 5.91 Å². The summed E-state index contributed by atoms with van der Waals surface area (Å²) in [6.45, 7) is 3.64. The van der Waals surface area contributed by atoms with Gasteiger partial charge in [-0.15, -0.1) is 11.3 Å². The Morgan fingerprint density at radius 2 is 1.85 bits per heavy atom. The molecule has 0 bridgehead atoms. The highest BCUT2D eigenvalue weighted by atomic mass is 32.1. The smallest absolute Gasteiger partial charge is 0.226 e. The minimum absolute atomic E-state index is 0.0654. The largest absolute Gasteiger partial charge is 0.338 e. The Morgan fingerprint density at radius 1 is 1.12 bits per heavy atom. The summed E-state index contributed by atoms with van der Waals surface area (Å²) in [4.78, 5) is 18.4. The predicted molar refractivity (Wildman–Crippen MR) is 97.8 cm³/mol. The zero-order valence-electron chi connectivity index (χ0n) is 14.6. The van der Waals surface area contributed by atoms with Crippen LogP contribution in [0.4, 0.5) is 8.78 Å². The number of hydrogen-bond acceptors (Lipinski definition) is 3. The Morgan fingerprint density at radius 3 is 2.58 bits per heavy atom. The zero-order valence-corrected chi connectivity index (χ0v) is 15.4. The summed E-state index contributed by atoms with van der Waals surface area (Å²) in [5.74, 6) is -0.750. The summed E-state index contributed by atoms with van der Waals surface area (Å²) in [7, 11) is 0. The van der Waals surface area contributed by atoms with Crippen molar-refractivity contribution in [3.63, 3.8) is 0 Å². The molecule has 2 aliphatic heterocycles. The van der Waals surface area contributed by atoms with E-state index < -0.39 is 11.6 Å². The van der Waals surface area contributed by atoms with E-state index in [-0.39, 0.29) is 11.8 Å². The number of piperidine rings is 1. The maximum absolute atomic E-state index is 13.3.